The largest absolute Gasteiger partial charge is 0.394 e. The zero-order chi connectivity index (χ0) is 14.8. The minimum absolute atomic E-state index is 0.0585. The third kappa shape index (κ3) is 2.56. The summed E-state index contributed by atoms with van der Waals surface area (Å²) >= 11 is 0. The molecule has 4 N–H and O–H groups in total. The molecule has 0 atom stereocenters. The topological polar surface area (TPSA) is 102 Å². The lowest BCUT2D eigenvalue weighted by Gasteiger charge is -2.25. The Morgan fingerprint density at radius 3 is 2.60 bits per heavy atom. The Bertz CT molecular complexity index is 689. The fourth-order valence-electron chi connectivity index (χ4n) is 1.81. The van der Waals surface area contributed by atoms with Crippen molar-refractivity contribution < 1.29 is 15.0 Å². The molecule has 0 saturated carbocycles. The Balaban J connectivity index is 2.41. The lowest BCUT2D eigenvalue weighted by atomic mass is 10.0. The average molecular weight is 276 g/mol. The summed E-state index contributed by atoms with van der Waals surface area (Å²) in [6.45, 7) is 0.627. The van der Waals surface area contributed by atoms with Crippen molar-refractivity contribution in [2.45, 2.75) is 12.5 Å². The number of carbonyl (C=O) groups excluding carboxylic acids is 1. The summed E-state index contributed by atoms with van der Waals surface area (Å²) in [5.41, 5.74) is -0.983. The monoisotopic (exact) mass is 276 g/mol. The van der Waals surface area contributed by atoms with E-state index in [1.807, 2.05) is 0 Å². The highest BCUT2D eigenvalue weighted by molar-refractivity contribution is 5.97. The number of nitrogens with one attached hydrogen (secondary N) is 2. The summed E-state index contributed by atoms with van der Waals surface area (Å²) in [6, 6.07) is 6.86. The van der Waals surface area contributed by atoms with Gasteiger partial charge >= 0.3 is 0 Å². The number of aliphatic hydroxyl groups is 2. The van der Waals surface area contributed by atoms with Crippen molar-refractivity contribution in [3.8, 4) is 0 Å². The summed E-state index contributed by atoms with van der Waals surface area (Å²) < 4.78 is 0. The number of para-hydroxylation sites is 1. The molecule has 0 saturated heterocycles. The molecular formula is C14H16N2O4. The van der Waals surface area contributed by atoms with Gasteiger partial charge in [-0.3, -0.25) is 9.59 Å². The van der Waals surface area contributed by atoms with Crippen LogP contribution in [0.1, 0.15) is 17.3 Å². The summed E-state index contributed by atoms with van der Waals surface area (Å²) in [7, 11) is 0. The van der Waals surface area contributed by atoms with Crippen LogP contribution in [0.4, 0.5) is 0 Å². The van der Waals surface area contributed by atoms with Crippen molar-refractivity contribution in [2.75, 3.05) is 13.2 Å². The number of carbonyl (C=O) groups is 1. The number of hydrogen-bond donors (Lipinski definition) is 4. The van der Waals surface area contributed by atoms with E-state index in [-0.39, 0.29) is 5.56 Å². The zero-order valence-electron chi connectivity index (χ0n) is 11.0. The van der Waals surface area contributed by atoms with Crippen molar-refractivity contribution >= 4 is 16.8 Å². The maximum atomic E-state index is 12.2. The molecule has 0 spiro atoms. The van der Waals surface area contributed by atoms with Gasteiger partial charge in [0.2, 0.25) is 5.43 Å². The van der Waals surface area contributed by atoms with Gasteiger partial charge in [0.25, 0.3) is 5.91 Å². The molecule has 0 aliphatic heterocycles. The Labute approximate surface area is 115 Å². The zero-order valence-corrected chi connectivity index (χ0v) is 11.0. The first-order valence-electron chi connectivity index (χ1n) is 6.15. The minimum atomic E-state index is -1.17. The molecule has 1 aromatic heterocycles. The normalized spacial score (nSPS) is 11.6. The van der Waals surface area contributed by atoms with Crippen LogP contribution in [-0.4, -0.2) is 39.9 Å². The molecule has 1 amide bonds. The molecule has 20 heavy (non-hydrogen) atoms. The molecule has 1 aromatic carbocycles. The van der Waals surface area contributed by atoms with Crippen LogP contribution in [0.2, 0.25) is 0 Å². The van der Waals surface area contributed by atoms with Gasteiger partial charge in [-0.05, 0) is 19.1 Å². The van der Waals surface area contributed by atoms with Crippen LogP contribution in [-0.2, 0) is 0 Å². The standard InChI is InChI=1S/C14H16N2O4/c1-14(7-17,8-18)16-13(20)10-6-15-11-5-3-2-4-9(11)12(10)19/h2-6,17-18H,7-8H2,1H3,(H,15,19)(H,16,20). The van der Waals surface area contributed by atoms with Gasteiger partial charge in [0.15, 0.2) is 0 Å². The third-order valence-electron chi connectivity index (χ3n) is 3.15. The highest BCUT2D eigenvalue weighted by Gasteiger charge is 2.26. The second kappa shape index (κ2) is 5.44. The molecule has 2 aromatic rings. The molecule has 0 aliphatic carbocycles. The smallest absolute Gasteiger partial charge is 0.257 e. The van der Waals surface area contributed by atoms with Gasteiger partial charge in [-0.1, -0.05) is 12.1 Å². The fourth-order valence-corrected chi connectivity index (χ4v) is 1.81. The van der Waals surface area contributed by atoms with Crippen molar-refractivity contribution in [2.24, 2.45) is 0 Å². The van der Waals surface area contributed by atoms with E-state index in [2.05, 4.69) is 10.3 Å². The predicted octanol–water partition coefficient (Wildman–Crippen LogP) is 0.00120. The van der Waals surface area contributed by atoms with Crippen LogP contribution in [0.3, 0.4) is 0 Å². The minimum Gasteiger partial charge on any atom is -0.394 e. The number of pyridine rings is 1. The molecule has 0 unspecified atom stereocenters. The van der Waals surface area contributed by atoms with Gasteiger partial charge in [-0.25, -0.2) is 0 Å². The van der Waals surface area contributed by atoms with E-state index in [9.17, 15) is 9.59 Å². The van der Waals surface area contributed by atoms with E-state index in [4.69, 9.17) is 10.2 Å². The van der Waals surface area contributed by atoms with Crippen LogP contribution >= 0.6 is 0 Å². The number of benzene rings is 1. The van der Waals surface area contributed by atoms with E-state index in [1.54, 1.807) is 24.3 Å². The first kappa shape index (κ1) is 14.2. The molecule has 0 radical (unpaired) electrons. The first-order valence-corrected chi connectivity index (χ1v) is 6.15. The number of hydrogen-bond acceptors (Lipinski definition) is 4. The maximum absolute atomic E-state index is 12.2. The van der Waals surface area contributed by atoms with Crippen molar-refractivity contribution in [3.63, 3.8) is 0 Å². The number of H-pyrrole nitrogens is 1. The van der Waals surface area contributed by atoms with Crippen LogP contribution in [0.5, 0.6) is 0 Å². The highest BCUT2D eigenvalue weighted by Crippen LogP contribution is 2.08. The summed E-state index contributed by atoms with van der Waals surface area (Å²) in [5, 5.41) is 21.2. The van der Waals surface area contributed by atoms with Gasteiger partial charge in [0.05, 0.1) is 18.8 Å². The van der Waals surface area contributed by atoms with Crippen molar-refractivity contribution in [3.05, 3.63) is 46.2 Å². The van der Waals surface area contributed by atoms with Gasteiger partial charge in [0.1, 0.15) is 5.56 Å². The fraction of sp³-hybridized carbons (Fsp3) is 0.286. The molecule has 6 nitrogen and oxygen atoms in total. The molecule has 6 heteroatoms. The number of rotatable bonds is 4. The van der Waals surface area contributed by atoms with Crippen LogP contribution in [0, 0.1) is 0 Å². The van der Waals surface area contributed by atoms with E-state index >= 15 is 0 Å². The average Bonchev–Trinajstić information content (AvgIpc) is 2.47. The number of fused-ring (bicyclic) bond motifs is 1. The quantitative estimate of drug-likeness (QED) is 0.631. The molecule has 1 heterocycles. The van der Waals surface area contributed by atoms with Gasteiger partial charge in [-0.15, -0.1) is 0 Å². The Morgan fingerprint density at radius 2 is 1.95 bits per heavy atom. The van der Waals surface area contributed by atoms with E-state index in [0.29, 0.717) is 10.9 Å². The second-order valence-corrected chi connectivity index (χ2v) is 4.91. The van der Waals surface area contributed by atoms with Crippen LogP contribution < -0.4 is 10.7 Å². The summed E-state index contributed by atoms with van der Waals surface area (Å²) in [6.07, 6.45) is 1.33. The third-order valence-corrected chi connectivity index (χ3v) is 3.15. The Hall–Kier alpha value is -2.18. The molecule has 106 valence electrons. The molecular weight excluding hydrogens is 260 g/mol. The lowest BCUT2D eigenvalue weighted by Crippen LogP contribution is -2.52. The van der Waals surface area contributed by atoms with E-state index in [0.717, 1.165) is 0 Å². The van der Waals surface area contributed by atoms with Crippen molar-refractivity contribution in [1.29, 1.82) is 0 Å². The van der Waals surface area contributed by atoms with Gasteiger partial charge in [0, 0.05) is 17.1 Å². The number of aromatic nitrogens is 1. The molecule has 2 rings (SSSR count). The summed E-state index contributed by atoms with van der Waals surface area (Å²) in [5.74, 6) is -0.636. The molecule has 0 aliphatic rings. The Morgan fingerprint density at radius 1 is 1.30 bits per heavy atom. The van der Waals surface area contributed by atoms with E-state index in [1.165, 1.54) is 13.1 Å². The number of aromatic amines is 1. The highest BCUT2D eigenvalue weighted by atomic mass is 16.3. The molecule has 0 bridgehead atoms. The maximum Gasteiger partial charge on any atom is 0.257 e. The lowest BCUT2D eigenvalue weighted by molar-refractivity contribution is 0.0723. The predicted molar refractivity (Wildman–Crippen MR) is 74.6 cm³/mol. The van der Waals surface area contributed by atoms with E-state index < -0.39 is 30.1 Å². The number of aliphatic hydroxyl groups excluding tert-OH is 2. The van der Waals surface area contributed by atoms with Crippen molar-refractivity contribution in [1.82, 2.24) is 10.3 Å². The van der Waals surface area contributed by atoms with Crippen LogP contribution in [0.25, 0.3) is 10.9 Å². The van der Waals surface area contributed by atoms with Gasteiger partial charge in [-0.2, -0.15) is 0 Å². The second-order valence-electron chi connectivity index (χ2n) is 4.91. The van der Waals surface area contributed by atoms with Gasteiger partial charge < -0.3 is 20.5 Å². The SMILES string of the molecule is CC(CO)(CO)NC(=O)c1c[nH]c2ccccc2c1=O. The summed E-state index contributed by atoms with van der Waals surface area (Å²) in [4.78, 5) is 27.2. The molecule has 0 fully saturated rings. The number of amides is 1. The Kier molecular flexibility index (Phi) is 3.87. The van der Waals surface area contributed by atoms with Crippen LogP contribution in [0.15, 0.2) is 35.3 Å². The first-order chi connectivity index (χ1) is 9.50.